The van der Waals surface area contributed by atoms with Crippen LogP contribution in [0, 0.1) is 0 Å². The summed E-state index contributed by atoms with van der Waals surface area (Å²) in [6.45, 7) is 3.90. The van der Waals surface area contributed by atoms with Gasteiger partial charge in [0.15, 0.2) is 0 Å². The van der Waals surface area contributed by atoms with Crippen molar-refractivity contribution in [3.8, 4) is 0 Å². The van der Waals surface area contributed by atoms with E-state index in [0.29, 0.717) is 12.8 Å². The lowest BCUT2D eigenvalue weighted by Gasteiger charge is -2.19. The Labute approximate surface area is 144 Å². The first kappa shape index (κ1) is 21.7. The van der Waals surface area contributed by atoms with Crippen LogP contribution in [0.15, 0.2) is 0 Å². The van der Waals surface area contributed by atoms with E-state index < -0.39 is 12.6 Å². The molecule has 1 aliphatic rings. The largest absolute Gasteiger partial charge is 0.224 e. The summed E-state index contributed by atoms with van der Waals surface area (Å²) < 4.78 is 0. The van der Waals surface area contributed by atoms with E-state index >= 15 is 0 Å². The standard InChI is InChI=1S/C16H32O8/c1-3-5-7-9-11-15-21-17-13-19-23-16(12-10-8-6-4-2)24-20-14-18-22-15/h15-16H,3-14H2,1-2H3. The van der Waals surface area contributed by atoms with E-state index in [1.165, 1.54) is 12.8 Å². The highest BCUT2D eigenvalue weighted by Crippen LogP contribution is 2.13. The summed E-state index contributed by atoms with van der Waals surface area (Å²) in [7, 11) is 0. The fourth-order valence-corrected chi connectivity index (χ4v) is 2.15. The predicted molar refractivity (Wildman–Crippen MR) is 83.5 cm³/mol. The third-order valence-electron chi connectivity index (χ3n) is 3.48. The van der Waals surface area contributed by atoms with E-state index in [-0.39, 0.29) is 13.6 Å². The summed E-state index contributed by atoms with van der Waals surface area (Å²) in [5.41, 5.74) is 0. The summed E-state index contributed by atoms with van der Waals surface area (Å²) >= 11 is 0. The molecule has 8 nitrogen and oxygen atoms in total. The smallest absolute Gasteiger partial charge is 0.202 e. The van der Waals surface area contributed by atoms with Crippen LogP contribution in [-0.4, -0.2) is 26.2 Å². The fraction of sp³-hybridized carbons (Fsp3) is 1.00. The van der Waals surface area contributed by atoms with Crippen molar-refractivity contribution in [2.24, 2.45) is 0 Å². The van der Waals surface area contributed by atoms with E-state index in [9.17, 15) is 0 Å². The molecule has 0 saturated carbocycles. The highest BCUT2D eigenvalue weighted by Gasteiger charge is 2.16. The molecule has 24 heavy (non-hydrogen) atoms. The Morgan fingerprint density at radius 3 is 1.25 bits per heavy atom. The quantitative estimate of drug-likeness (QED) is 0.425. The zero-order valence-electron chi connectivity index (χ0n) is 14.9. The Kier molecular flexibility index (Phi) is 14.6. The molecule has 0 aromatic carbocycles. The van der Waals surface area contributed by atoms with Crippen LogP contribution in [-0.2, 0) is 39.1 Å². The van der Waals surface area contributed by atoms with Gasteiger partial charge in [0.25, 0.3) is 0 Å². The van der Waals surface area contributed by atoms with Gasteiger partial charge in [-0.25, -0.2) is 19.6 Å². The van der Waals surface area contributed by atoms with Gasteiger partial charge in [-0.05, 0) is 12.8 Å². The van der Waals surface area contributed by atoms with Gasteiger partial charge in [-0.1, -0.05) is 52.4 Å². The molecular weight excluding hydrogens is 320 g/mol. The lowest BCUT2D eigenvalue weighted by atomic mass is 10.1. The minimum Gasteiger partial charge on any atom is -0.202 e. The Bertz CT molecular complexity index is 228. The van der Waals surface area contributed by atoms with Gasteiger partial charge < -0.3 is 0 Å². The number of hydrogen-bond donors (Lipinski definition) is 0. The van der Waals surface area contributed by atoms with E-state index in [1.54, 1.807) is 0 Å². The number of rotatable bonds is 10. The molecule has 0 spiro atoms. The minimum atomic E-state index is -0.654. The van der Waals surface area contributed by atoms with Crippen LogP contribution in [0.5, 0.6) is 0 Å². The van der Waals surface area contributed by atoms with Gasteiger partial charge in [0.1, 0.15) is 0 Å². The van der Waals surface area contributed by atoms with Crippen LogP contribution in [0.1, 0.15) is 78.1 Å². The Hall–Kier alpha value is -0.320. The maximum atomic E-state index is 5.09. The van der Waals surface area contributed by atoms with Crippen molar-refractivity contribution in [2.45, 2.75) is 90.6 Å². The van der Waals surface area contributed by atoms with Crippen molar-refractivity contribution < 1.29 is 39.1 Å². The summed E-state index contributed by atoms with van der Waals surface area (Å²) in [6, 6.07) is 0. The van der Waals surface area contributed by atoms with Crippen molar-refractivity contribution in [2.75, 3.05) is 13.6 Å². The van der Waals surface area contributed by atoms with E-state index in [2.05, 4.69) is 13.8 Å². The monoisotopic (exact) mass is 352 g/mol. The molecule has 0 bridgehead atoms. The Morgan fingerprint density at radius 2 is 0.917 bits per heavy atom. The molecule has 144 valence electrons. The molecule has 0 unspecified atom stereocenters. The zero-order chi connectivity index (χ0) is 17.3. The molecule has 1 aliphatic heterocycles. The molecule has 0 N–H and O–H groups in total. The van der Waals surface area contributed by atoms with E-state index in [0.717, 1.165) is 38.5 Å². The molecule has 1 saturated heterocycles. The molecule has 1 rings (SSSR count). The van der Waals surface area contributed by atoms with Crippen molar-refractivity contribution in [3.05, 3.63) is 0 Å². The molecule has 1 fully saturated rings. The second kappa shape index (κ2) is 16.2. The molecular formula is C16H32O8. The Morgan fingerprint density at radius 1 is 0.542 bits per heavy atom. The number of unbranched alkanes of at least 4 members (excludes halogenated alkanes) is 6. The fourth-order valence-electron chi connectivity index (χ4n) is 2.15. The molecule has 0 aliphatic carbocycles. The van der Waals surface area contributed by atoms with Crippen LogP contribution in [0.25, 0.3) is 0 Å². The lowest BCUT2D eigenvalue weighted by molar-refractivity contribution is -0.559. The molecule has 0 aromatic heterocycles. The average molecular weight is 352 g/mol. The normalized spacial score (nSPS) is 24.2. The second-order valence-electron chi connectivity index (χ2n) is 5.65. The minimum absolute atomic E-state index is 0.205. The van der Waals surface area contributed by atoms with Crippen LogP contribution >= 0.6 is 0 Å². The van der Waals surface area contributed by atoms with E-state index in [4.69, 9.17) is 39.1 Å². The van der Waals surface area contributed by atoms with Crippen molar-refractivity contribution >= 4 is 0 Å². The van der Waals surface area contributed by atoms with Gasteiger partial charge in [-0.2, -0.15) is 19.6 Å². The van der Waals surface area contributed by atoms with E-state index in [1.807, 2.05) is 0 Å². The highest BCUT2D eigenvalue weighted by molar-refractivity contribution is 4.45. The Balaban J connectivity index is 2.20. The van der Waals surface area contributed by atoms with Crippen molar-refractivity contribution in [1.82, 2.24) is 0 Å². The molecule has 0 aromatic rings. The van der Waals surface area contributed by atoms with Crippen LogP contribution < -0.4 is 0 Å². The predicted octanol–water partition coefficient (Wildman–Crippen LogP) is 4.30. The zero-order valence-corrected chi connectivity index (χ0v) is 14.9. The first-order valence-corrected chi connectivity index (χ1v) is 8.99. The summed E-state index contributed by atoms with van der Waals surface area (Å²) in [6.07, 6.45) is 8.71. The van der Waals surface area contributed by atoms with Crippen LogP contribution in [0.3, 0.4) is 0 Å². The SMILES string of the molecule is CCCCCCC1OOCOOC(CCCCCC)OOCOO1. The first-order chi connectivity index (χ1) is 11.9. The van der Waals surface area contributed by atoms with Gasteiger partial charge >= 0.3 is 0 Å². The summed E-state index contributed by atoms with van der Waals surface area (Å²) in [5.74, 6) is 0. The molecule has 1 heterocycles. The average Bonchev–Trinajstić information content (AvgIpc) is 2.58. The van der Waals surface area contributed by atoms with Gasteiger partial charge in [-0.3, -0.25) is 0 Å². The first-order valence-electron chi connectivity index (χ1n) is 8.99. The maximum absolute atomic E-state index is 5.09. The topological polar surface area (TPSA) is 73.8 Å². The number of hydrogen-bond acceptors (Lipinski definition) is 8. The van der Waals surface area contributed by atoms with Crippen LogP contribution in [0.4, 0.5) is 0 Å². The van der Waals surface area contributed by atoms with Crippen molar-refractivity contribution in [1.29, 1.82) is 0 Å². The third-order valence-corrected chi connectivity index (χ3v) is 3.48. The van der Waals surface area contributed by atoms with Gasteiger partial charge in [0.05, 0.1) is 0 Å². The molecule has 8 heteroatoms. The highest BCUT2D eigenvalue weighted by atomic mass is 17.4. The molecule has 0 radical (unpaired) electrons. The van der Waals surface area contributed by atoms with Gasteiger partial charge in [0.2, 0.25) is 26.2 Å². The van der Waals surface area contributed by atoms with Gasteiger partial charge in [-0.15, -0.1) is 0 Å². The third kappa shape index (κ3) is 12.1. The maximum Gasteiger partial charge on any atom is 0.224 e. The molecule has 0 atom stereocenters. The van der Waals surface area contributed by atoms with Crippen LogP contribution in [0.2, 0.25) is 0 Å². The lowest BCUT2D eigenvalue weighted by Crippen LogP contribution is -2.24. The second-order valence-corrected chi connectivity index (χ2v) is 5.65. The van der Waals surface area contributed by atoms with Crippen molar-refractivity contribution in [3.63, 3.8) is 0 Å². The van der Waals surface area contributed by atoms with Gasteiger partial charge in [0, 0.05) is 12.8 Å². The molecule has 0 amide bonds. The summed E-state index contributed by atoms with van der Waals surface area (Å²) in [5, 5.41) is 0. The summed E-state index contributed by atoms with van der Waals surface area (Å²) in [4.78, 5) is 40.1.